The lowest BCUT2D eigenvalue weighted by atomic mass is 9.90. The van der Waals surface area contributed by atoms with E-state index in [-0.39, 0.29) is 48.4 Å². The van der Waals surface area contributed by atoms with Crippen LogP contribution in [0.3, 0.4) is 0 Å². The molecule has 6 aliphatic rings. The first-order valence-corrected chi connectivity index (χ1v) is 24.7. The van der Waals surface area contributed by atoms with Gasteiger partial charge in [0.15, 0.2) is 0 Å². The number of pyridine rings is 3. The van der Waals surface area contributed by atoms with Gasteiger partial charge >= 0.3 is 0 Å². The van der Waals surface area contributed by atoms with Gasteiger partial charge in [-0.25, -0.2) is 15.0 Å². The predicted molar refractivity (Wildman–Crippen MR) is 266 cm³/mol. The van der Waals surface area contributed by atoms with Crippen LogP contribution in [-0.4, -0.2) is 128 Å². The van der Waals surface area contributed by atoms with Gasteiger partial charge < -0.3 is 29.5 Å². The van der Waals surface area contributed by atoms with E-state index in [1.165, 1.54) is 11.3 Å². The number of ether oxygens (including phenoxy) is 1. The Kier molecular flexibility index (Phi) is 11.7. The molecule has 4 atom stereocenters. The number of imide groups is 2. The molecule has 3 fully saturated rings. The number of carbonyl (C=O) groups is 5. The van der Waals surface area contributed by atoms with E-state index >= 15 is 0 Å². The third-order valence-electron chi connectivity index (χ3n) is 15.5. The fourth-order valence-corrected chi connectivity index (χ4v) is 12.1. The van der Waals surface area contributed by atoms with Crippen LogP contribution in [0.5, 0.6) is 5.88 Å². The highest BCUT2D eigenvalue weighted by atomic mass is 16.5. The molecule has 0 bridgehead atoms. The number of fused-ring (bicyclic) bond motifs is 4. The van der Waals surface area contributed by atoms with Crippen LogP contribution in [0, 0.1) is 5.41 Å². The summed E-state index contributed by atoms with van der Waals surface area (Å²) in [5.41, 5.74) is 8.40. The largest absolute Gasteiger partial charge is 0.480 e. The van der Waals surface area contributed by atoms with Gasteiger partial charge in [0.1, 0.15) is 29.1 Å². The molecular weight excluding hydrogens is 903 g/mol. The third-order valence-corrected chi connectivity index (χ3v) is 15.5. The van der Waals surface area contributed by atoms with E-state index in [4.69, 9.17) is 9.72 Å². The number of hydrogen-bond donors (Lipinski definition) is 3. The molecule has 1 unspecified atom stereocenters. The topological polar surface area (TPSA) is 199 Å². The molecule has 0 radical (unpaired) electrons. The van der Waals surface area contributed by atoms with E-state index < -0.39 is 29.7 Å². The van der Waals surface area contributed by atoms with Crippen LogP contribution in [0.15, 0.2) is 67.1 Å². The fraction of sp³-hybridized carbons (Fsp3) is 0.434. The number of aromatic nitrogens is 4. The van der Waals surface area contributed by atoms with Gasteiger partial charge in [-0.15, -0.1) is 0 Å². The molecule has 0 saturated carbocycles. The lowest BCUT2D eigenvalue weighted by Crippen LogP contribution is -2.58. The van der Waals surface area contributed by atoms with Gasteiger partial charge in [-0.1, -0.05) is 13.8 Å². The van der Waals surface area contributed by atoms with Crippen molar-refractivity contribution in [3.63, 3.8) is 0 Å². The second-order valence-corrected chi connectivity index (χ2v) is 20.7. The molecular formula is C53H59N11O7. The van der Waals surface area contributed by atoms with E-state index in [1.54, 1.807) is 36.5 Å². The number of rotatable bonds is 10. The highest BCUT2D eigenvalue weighted by Gasteiger charge is 2.45. The Morgan fingerprint density at radius 3 is 2.35 bits per heavy atom. The summed E-state index contributed by atoms with van der Waals surface area (Å²) in [7, 11) is 1.57. The maximum atomic E-state index is 14.0. The average molecular weight is 962 g/mol. The number of nitrogens with zero attached hydrogens (tertiary/aromatic N) is 9. The summed E-state index contributed by atoms with van der Waals surface area (Å²) in [6.07, 6.45) is 9.24. The van der Waals surface area contributed by atoms with Crippen molar-refractivity contribution < 1.29 is 33.8 Å². The van der Waals surface area contributed by atoms with Crippen LogP contribution in [0.4, 0.5) is 28.7 Å². The molecule has 1 aromatic carbocycles. The number of hydrogen-bond acceptors (Lipinski definition) is 14. The van der Waals surface area contributed by atoms with Crippen LogP contribution in [0.1, 0.15) is 101 Å². The van der Waals surface area contributed by atoms with Gasteiger partial charge in [0.05, 0.1) is 36.7 Å². The zero-order chi connectivity index (χ0) is 49.5. The molecule has 5 amide bonds. The quantitative estimate of drug-likeness (QED) is 0.152. The number of carbonyl (C=O) groups excluding carboxylic acids is 5. The van der Waals surface area contributed by atoms with Crippen LogP contribution in [-0.2, 0) is 35.6 Å². The highest BCUT2D eigenvalue weighted by molar-refractivity contribution is 6.23. The number of amides is 5. The van der Waals surface area contributed by atoms with E-state index in [2.05, 4.69) is 73.6 Å². The normalized spacial score (nSPS) is 23.2. The summed E-state index contributed by atoms with van der Waals surface area (Å²) in [4.78, 5) is 89.2. The van der Waals surface area contributed by atoms with E-state index in [1.807, 2.05) is 36.5 Å². The SMILES string of the molecule is COc1ncc(-c2ccnc(N3CCn4c(cc5c4CC(C)(C)C5)C3=O)c2CO)cc1Nc1ccc(N2CCN(C3CCN(c4ccc5c(c4)C(=O)N([C@H]4CCC(=O)NC4=O)C5=O)[C@@H](C)C3)C[C@@H]2C)cn1. The average Bonchev–Trinajstić information content (AvgIpc) is 3.95. The first-order valence-electron chi connectivity index (χ1n) is 24.7. The summed E-state index contributed by atoms with van der Waals surface area (Å²) in [5, 5.41) is 16.5. The van der Waals surface area contributed by atoms with Gasteiger partial charge in [0.2, 0.25) is 17.7 Å². The van der Waals surface area contributed by atoms with Crippen molar-refractivity contribution in [2.75, 3.05) is 59.9 Å². The minimum Gasteiger partial charge on any atom is -0.480 e. The van der Waals surface area contributed by atoms with Gasteiger partial charge in [0, 0.05) is 98.7 Å². The number of aliphatic hydroxyl groups is 1. The molecule has 0 spiro atoms. The van der Waals surface area contributed by atoms with Crippen molar-refractivity contribution in [3.8, 4) is 17.0 Å². The molecule has 5 aliphatic heterocycles. The molecule has 3 saturated heterocycles. The molecule has 5 aromatic rings. The number of aliphatic hydroxyl groups excluding tert-OH is 1. The molecule has 1 aliphatic carbocycles. The third kappa shape index (κ3) is 8.15. The molecule has 9 heterocycles. The molecule has 18 heteroatoms. The van der Waals surface area contributed by atoms with Crippen molar-refractivity contribution in [1.29, 1.82) is 0 Å². The first kappa shape index (κ1) is 46.2. The number of piperidine rings is 2. The summed E-state index contributed by atoms with van der Waals surface area (Å²) in [6.45, 7) is 13.2. The Morgan fingerprint density at radius 2 is 1.61 bits per heavy atom. The standard InChI is InChI=1S/C53H59N11O7/c1-30-20-34(13-15-60(30)35-6-8-38-39(23-35)51(69)64(50(38)68)42-9-11-46(66)58-48(42)67)59-16-17-61(31(2)28-59)36-7-10-45(55-27-36)57-41-21-33(26-56-49(41)71-5)37-12-14-54-47(40(37)29-65)63-19-18-62-43(52(63)70)22-32-24-53(3,4)25-44(32)62/h6-8,10,12,14,21-23,26-27,30-31,34,42,65H,9,11,13,15-20,24-25,28-29H2,1-5H3,(H,55,57)(H,58,66,67)/t30-,31-,34?,42-/m0/s1. The zero-order valence-electron chi connectivity index (χ0n) is 40.8. The smallest absolute Gasteiger partial charge is 0.276 e. The zero-order valence-corrected chi connectivity index (χ0v) is 40.8. The summed E-state index contributed by atoms with van der Waals surface area (Å²) in [6, 6.07) is 15.0. The summed E-state index contributed by atoms with van der Waals surface area (Å²) >= 11 is 0. The minimum absolute atomic E-state index is 0.0800. The molecule has 71 heavy (non-hydrogen) atoms. The van der Waals surface area contributed by atoms with Crippen LogP contribution < -0.4 is 30.1 Å². The van der Waals surface area contributed by atoms with Crippen molar-refractivity contribution in [2.45, 2.75) is 104 Å². The van der Waals surface area contributed by atoms with Crippen LogP contribution >= 0.6 is 0 Å². The van der Waals surface area contributed by atoms with Crippen molar-refractivity contribution >= 4 is 58.2 Å². The number of piperazine rings is 1. The summed E-state index contributed by atoms with van der Waals surface area (Å²) < 4.78 is 7.84. The van der Waals surface area contributed by atoms with Gasteiger partial charge in [-0.05, 0) is 111 Å². The molecule has 11 rings (SSSR count). The molecule has 4 aromatic heterocycles. The Labute approximate surface area is 412 Å². The first-order chi connectivity index (χ1) is 34.2. The monoisotopic (exact) mass is 961 g/mol. The van der Waals surface area contributed by atoms with Crippen LogP contribution in [0.2, 0.25) is 0 Å². The molecule has 3 N–H and O–H groups in total. The van der Waals surface area contributed by atoms with Crippen molar-refractivity contribution in [2.24, 2.45) is 5.41 Å². The van der Waals surface area contributed by atoms with Gasteiger partial charge in [-0.3, -0.25) is 44.0 Å². The highest BCUT2D eigenvalue weighted by Crippen LogP contribution is 2.41. The van der Waals surface area contributed by atoms with Crippen LogP contribution in [0.25, 0.3) is 11.1 Å². The molecule has 368 valence electrons. The maximum Gasteiger partial charge on any atom is 0.276 e. The van der Waals surface area contributed by atoms with Crippen molar-refractivity contribution in [1.82, 2.24) is 34.6 Å². The fourth-order valence-electron chi connectivity index (χ4n) is 12.1. The summed E-state index contributed by atoms with van der Waals surface area (Å²) in [5.74, 6) is -0.694. The predicted octanol–water partition coefficient (Wildman–Crippen LogP) is 5.34. The lowest BCUT2D eigenvalue weighted by molar-refractivity contribution is -0.136. The maximum absolute atomic E-state index is 14.0. The van der Waals surface area contributed by atoms with E-state index in [9.17, 15) is 29.1 Å². The van der Waals surface area contributed by atoms with Gasteiger partial charge in [-0.2, -0.15) is 0 Å². The number of methoxy groups -OCH3 is 1. The Balaban J connectivity index is 0.724. The number of anilines is 5. The van der Waals surface area contributed by atoms with E-state index in [0.29, 0.717) is 64.7 Å². The van der Waals surface area contributed by atoms with E-state index in [0.717, 1.165) is 73.7 Å². The minimum atomic E-state index is -0.993. The lowest BCUT2D eigenvalue weighted by Gasteiger charge is -2.48. The Bertz CT molecular complexity index is 3010. The molecule has 18 nitrogen and oxygen atoms in total. The number of nitrogens with one attached hydrogen (secondary N) is 2. The van der Waals surface area contributed by atoms with Crippen molar-refractivity contribution in [3.05, 3.63) is 101 Å². The second-order valence-electron chi connectivity index (χ2n) is 20.7. The Morgan fingerprint density at radius 1 is 0.803 bits per heavy atom. The number of benzene rings is 1. The van der Waals surface area contributed by atoms with Gasteiger partial charge in [0.25, 0.3) is 17.7 Å². The second kappa shape index (κ2) is 17.9. The Hall–Kier alpha value is -7.18.